The Hall–Kier alpha value is -2.89. The summed E-state index contributed by atoms with van der Waals surface area (Å²) in [4.78, 5) is 16.0. The lowest BCUT2D eigenvalue weighted by atomic mass is 10.2. The summed E-state index contributed by atoms with van der Waals surface area (Å²) < 4.78 is 10.7. The molecule has 1 N–H and O–H groups in total. The van der Waals surface area contributed by atoms with E-state index in [2.05, 4.69) is 15.5 Å². The number of carbonyl (C=O) groups excluding carboxylic acids is 1. The van der Waals surface area contributed by atoms with Crippen LogP contribution in [0.5, 0.6) is 11.5 Å². The average Bonchev–Trinajstić information content (AvgIpc) is 2.56. The van der Waals surface area contributed by atoms with Crippen molar-refractivity contribution in [3.05, 3.63) is 53.3 Å². The van der Waals surface area contributed by atoms with Crippen LogP contribution in [0, 0.1) is 6.92 Å². The number of hydrogen-bond donors (Lipinski definition) is 1. The minimum Gasteiger partial charge on any atom is -0.493 e. The summed E-state index contributed by atoms with van der Waals surface area (Å²) in [5, 5.41) is 3.95. The number of benzene rings is 1. The second-order valence-corrected chi connectivity index (χ2v) is 4.73. The largest absolute Gasteiger partial charge is 0.493 e. The molecule has 1 amide bonds. The van der Waals surface area contributed by atoms with E-state index in [-0.39, 0.29) is 5.91 Å². The summed E-state index contributed by atoms with van der Waals surface area (Å²) in [7, 11) is 1.58. The van der Waals surface area contributed by atoms with Gasteiger partial charge in [-0.2, -0.15) is 5.10 Å². The number of methoxy groups -OCH3 is 1. The highest BCUT2D eigenvalue weighted by atomic mass is 16.5. The summed E-state index contributed by atoms with van der Waals surface area (Å²) in [6, 6.07) is 8.89. The van der Waals surface area contributed by atoms with Crippen LogP contribution in [0.25, 0.3) is 0 Å². The van der Waals surface area contributed by atoms with Gasteiger partial charge in [-0.05, 0) is 49.7 Å². The van der Waals surface area contributed by atoms with Crippen LogP contribution in [0.15, 0.2) is 41.6 Å². The Labute approximate surface area is 135 Å². The van der Waals surface area contributed by atoms with E-state index in [1.54, 1.807) is 37.6 Å². The number of pyridine rings is 1. The van der Waals surface area contributed by atoms with Crippen molar-refractivity contribution in [2.75, 3.05) is 13.7 Å². The van der Waals surface area contributed by atoms with Gasteiger partial charge in [0.25, 0.3) is 5.91 Å². The van der Waals surface area contributed by atoms with Crippen LogP contribution < -0.4 is 14.9 Å². The number of ether oxygens (including phenoxy) is 2. The first-order valence-corrected chi connectivity index (χ1v) is 7.21. The highest BCUT2D eigenvalue weighted by Gasteiger charge is 2.05. The van der Waals surface area contributed by atoms with Crippen LogP contribution in [0.2, 0.25) is 0 Å². The molecule has 2 aromatic rings. The number of rotatable bonds is 6. The molecule has 0 aliphatic heterocycles. The van der Waals surface area contributed by atoms with Crippen molar-refractivity contribution in [2.24, 2.45) is 5.10 Å². The van der Waals surface area contributed by atoms with Gasteiger partial charge in [0, 0.05) is 11.9 Å². The molecular formula is C17H19N3O3. The molecule has 0 aliphatic rings. The van der Waals surface area contributed by atoms with E-state index in [9.17, 15) is 4.79 Å². The standard InChI is InChI=1S/C17H19N3O3/c1-4-23-16-9-13(6-8-15(16)22-3)10-19-20-17(21)14-7-5-12(2)18-11-14/h5-11H,4H2,1-3H3,(H,20,21)/b19-10-. The lowest BCUT2D eigenvalue weighted by Crippen LogP contribution is -2.17. The molecule has 2 rings (SSSR count). The Kier molecular flexibility index (Phi) is 5.68. The molecule has 1 aromatic heterocycles. The molecule has 0 radical (unpaired) electrons. The van der Waals surface area contributed by atoms with Crippen molar-refractivity contribution in [3.63, 3.8) is 0 Å². The van der Waals surface area contributed by atoms with Gasteiger partial charge in [0.15, 0.2) is 11.5 Å². The normalized spacial score (nSPS) is 10.6. The Bertz CT molecular complexity index is 697. The quantitative estimate of drug-likeness (QED) is 0.657. The van der Waals surface area contributed by atoms with Gasteiger partial charge in [0.1, 0.15) is 0 Å². The molecule has 6 heteroatoms. The zero-order chi connectivity index (χ0) is 16.7. The van der Waals surface area contributed by atoms with Crippen LogP contribution >= 0.6 is 0 Å². The minimum absolute atomic E-state index is 0.313. The first-order valence-electron chi connectivity index (χ1n) is 7.21. The molecule has 1 heterocycles. The molecule has 6 nitrogen and oxygen atoms in total. The molecule has 0 spiro atoms. The summed E-state index contributed by atoms with van der Waals surface area (Å²) >= 11 is 0. The van der Waals surface area contributed by atoms with Gasteiger partial charge in [-0.1, -0.05) is 0 Å². The first kappa shape index (κ1) is 16.5. The number of hydrogen-bond acceptors (Lipinski definition) is 5. The lowest BCUT2D eigenvalue weighted by molar-refractivity contribution is 0.0955. The fourth-order valence-electron chi connectivity index (χ4n) is 1.87. The van der Waals surface area contributed by atoms with E-state index in [0.29, 0.717) is 23.7 Å². The van der Waals surface area contributed by atoms with Gasteiger partial charge in [-0.25, -0.2) is 5.43 Å². The molecule has 0 unspecified atom stereocenters. The molecule has 1 aromatic carbocycles. The van der Waals surface area contributed by atoms with E-state index >= 15 is 0 Å². The van der Waals surface area contributed by atoms with Crippen LogP contribution in [0.1, 0.15) is 28.5 Å². The number of hydrazone groups is 1. The summed E-state index contributed by atoms with van der Waals surface area (Å²) in [5.74, 6) is 0.971. The van der Waals surface area contributed by atoms with Crippen LogP contribution in [-0.4, -0.2) is 30.8 Å². The average molecular weight is 313 g/mol. The van der Waals surface area contributed by atoms with Crippen molar-refractivity contribution in [1.82, 2.24) is 10.4 Å². The van der Waals surface area contributed by atoms with E-state index < -0.39 is 0 Å². The number of carbonyl (C=O) groups is 1. The van der Waals surface area contributed by atoms with E-state index in [1.165, 1.54) is 6.20 Å². The zero-order valence-corrected chi connectivity index (χ0v) is 13.4. The highest BCUT2D eigenvalue weighted by molar-refractivity contribution is 5.94. The predicted octanol–water partition coefficient (Wildman–Crippen LogP) is 2.56. The van der Waals surface area contributed by atoms with E-state index in [0.717, 1.165) is 11.3 Å². The van der Waals surface area contributed by atoms with E-state index in [1.807, 2.05) is 19.9 Å². The number of amides is 1. The Morgan fingerprint density at radius 2 is 2.13 bits per heavy atom. The van der Waals surface area contributed by atoms with Crippen molar-refractivity contribution in [3.8, 4) is 11.5 Å². The summed E-state index contributed by atoms with van der Waals surface area (Å²) in [6.07, 6.45) is 3.06. The Morgan fingerprint density at radius 3 is 2.78 bits per heavy atom. The SMILES string of the molecule is CCOc1cc(/C=N\NC(=O)c2ccc(C)nc2)ccc1OC. The molecule has 0 atom stereocenters. The van der Waals surface area contributed by atoms with Crippen LogP contribution in [0.4, 0.5) is 0 Å². The van der Waals surface area contributed by atoms with Gasteiger partial charge in [0.05, 0.1) is 25.5 Å². The molecular weight excluding hydrogens is 294 g/mol. The van der Waals surface area contributed by atoms with E-state index in [4.69, 9.17) is 9.47 Å². The van der Waals surface area contributed by atoms with Crippen molar-refractivity contribution in [2.45, 2.75) is 13.8 Å². The topological polar surface area (TPSA) is 72.8 Å². The maximum Gasteiger partial charge on any atom is 0.272 e. The molecule has 0 bridgehead atoms. The Balaban J connectivity index is 2.03. The number of aryl methyl sites for hydroxylation is 1. The van der Waals surface area contributed by atoms with Gasteiger partial charge in [-0.15, -0.1) is 0 Å². The van der Waals surface area contributed by atoms with Gasteiger partial charge in [-0.3, -0.25) is 9.78 Å². The number of nitrogens with one attached hydrogen (secondary N) is 1. The molecule has 0 saturated heterocycles. The highest BCUT2D eigenvalue weighted by Crippen LogP contribution is 2.27. The van der Waals surface area contributed by atoms with Crippen molar-refractivity contribution >= 4 is 12.1 Å². The molecule has 120 valence electrons. The third-order valence-corrected chi connectivity index (χ3v) is 3.04. The van der Waals surface area contributed by atoms with Gasteiger partial charge < -0.3 is 9.47 Å². The molecule has 0 saturated carbocycles. The molecule has 0 aliphatic carbocycles. The fraction of sp³-hybridized carbons (Fsp3) is 0.235. The van der Waals surface area contributed by atoms with Crippen LogP contribution in [-0.2, 0) is 0 Å². The van der Waals surface area contributed by atoms with Gasteiger partial charge >= 0.3 is 0 Å². The monoisotopic (exact) mass is 313 g/mol. The third-order valence-electron chi connectivity index (χ3n) is 3.04. The maximum atomic E-state index is 11.9. The fourth-order valence-corrected chi connectivity index (χ4v) is 1.87. The molecule has 0 fully saturated rings. The third kappa shape index (κ3) is 4.54. The van der Waals surface area contributed by atoms with Crippen LogP contribution in [0.3, 0.4) is 0 Å². The van der Waals surface area contributed by atoms with Crippen molar-refractivity contribution in [1.29, 1.82) is 0 Å². The molecule has 23 heavy (non-hydrogen) atoms. The maximum absolute atomic E-state index is 11.9. The second-order valence-electron chi connectivity index (χ2n) is 4.73. The van der Waals surface area contributed by atoms with Crippen molar-refractivity contribution < 1.29 is 14.3 Å². The summed E-state index contributed by atoms with van der Waals surface area (Å²) in [5.41, 5.74) is 4.56. The lowest BCUT2D eigenvalue weighted by Gasteiger charge is -2.09. The smallest absolute Gasteiger partial charge is 0.272 e. The second kappa shape index (κ2) is 7.93. The predicted molar refractivity (Wildman–Crippen MR) is 88.2 cm³/mol. The minimum atomic E-state index is -0.313. The Morgan fingerprint density at radius 1 is 1.30 bits per heavy atom. The number of aromatic nitrogens is 1. The zero-order valence-electron chi connectivity index (χ0n) is 13.4. The number of nitrogens with zero attached hydrogens (tertiary/aromatic N) is 2. The summed E-state index contributed by atoms with van der Waals surface area (Å²) in [6.45, 7) is 4.30. The van der Waals surface area contributed by atoms with Gasteiger partial charge in [0.2, 0.25) is 0 Å². The first-order chi connectivity index (χ1) is 11.1.